The molecule has 1 aromatic carbocycles. The Hall–Kier alpha value is -1.98. The summed E-state index contributed by atoms with van der Waals surface area (Å²) in [5, 5.41) is 8.74. The summed E-state index contributed by atoms with van der Waals surface area (Å²) in [6, 6.07) is 4.21. The molecule has 2 rings (SSSR count). The van der Waals surface area contributed by atoms with Gasteiger partial charge in [-0.3, -0.25) is 0 Å². The summed E-state index contributed by atoms with van der Waals surface area (Å²) in [7, 11) is 0. The second-order valence-corrected chi connectivity index (χ2v) is 3.30. The highest BCUT2D eigenvalue weighted by molar-refractivity contribution is 5.92. The normalized spacial score (nSPS) is 11.2. The van der Waals surface area contributed by atoms with E-state index in [0.717, 1.165) is 0 Å². The molecule has 0 aliphatic rings. The number of halogens is 2. The van der Waals surface area contributed by atoms with Gasteiger partial charge in [0, 0.05) is 0 Å². The number of alkyl halides is 2. The molecule has 0 unspecified atom stereocenters. The summed E-state index contributed by atoms with van der Waals surface area (Å²) < 4.78 is 25.7. The van der Waals surface area contributed by atoms with Crippen LogP contribution in [0.3, 0.4) is 0 Å². The van der Waals surface area contributed by atoms with Gasteiger partial charge in [0.05, 0.1) is 29.5 Å². The molecule has 2 aromatic rings. The van der Waals surface area contributed by atoms with E-state index in [1.54, 1.807) is 0 Å². The molecule has 0 amide bonds. The topological polar surface area (TPSA) is 55.1 Å². The van der Waals surface area contributed by atoms with E-state index in [1.807, 2.05) is 0 Å². The lowest BCUT2D eigenvalue weighted by molar-refractivity contribution is 0.0697. The minimum absolute atomic E-state index is 0.0924. The number of aromatic nitrogens is 2. The second-order valence-electron chi connectivity index (χ2n) is 3.30. The predicted octanol–water partition coefficient (Wildman–Crippen LogP) is 2.00. The molecule has 0 fully saturated rings. The maximum atomic E-state index is 12.2. The van der Waals surface area contributed by atoms with E-state index in [4.69, 9.17) is 5.11 Å². The van der Waals surface area contributed by atoms with Gasteiger partial charge in [-0.2, -0.15) is 0 Å². The van der Waals surface area contributed by atoms with Gasteiger partial charge in [-0.05, 0) is 18.2 Å². The van der Waals surface area contributed by atoms with Crippen LogP contribution in [-0.4, -0.2) is 27.1 Å². The first kappa shape index (κ1) is 10.5. The van der Waals surface area contributed by atoms with Gasteiger partial charge < -0.3 is 9.67 Å². The van der Waals surface area contributed by atoms with Crippen LogP contribution >= 0.6 is 0 Å². The zero-order valence-corrected chi connectivity index (χ0v) is 8.10. The van der Waals surface area contributed by atoms with E-state index in [2.05, 4.69) is 4.98 Å². The lowest BCUT2D eigenvalue weighted by Gasteiger charge is -2.02. The van der Waals surface area contributed by atoms with Crippen molar-refractivity contribution in [3.63, 3.8) is 0 Å². The van der Waals surface area contributed by atoms with E-state index in [9.17, 15) is 13.6 Å². The molecule has 0 saturated carbocycles. The number of rotatable bonds is 3. The number of carboxylic acid groups (broad SMARTS) is 1. The number of nitrogens with zero attached hydrogens (tertiary/aromatic N) is 2. The van der Waals surface area contributed by atoms with Crippen LogP contribution in [0, 0.1) is 0 Å². The Morgan fingerprint density at radius 3 is 2.88 bits per heavy atom. The van der Waals surface area contributed by atoms with E-state index < -0.39 is 18.9 Å². The fraction of sp³-hybridized carbons (Fsp3) is 0.200. The van der Waals surface area contributed by atoms with Crippen LogP contribution in [0.1, 0.15) is 10.4 Å². The molecule has 0 saturated heterocycles. The monoisotopic (exact) mass is 226 g/mol. The molecule has 0 radical (unpaired) electrons. The third-order valence-corrected chi connectivity index (χ3v) is 2.20. The van der Waals surface area contributed by atoms with E-state index in [-0.39, 0.29) is 5.56 Å². The van der Waals surface area contributed by atoms with E-state index >= 15 is 0 Å². The van der Waals surface area contributed by atoms with Gasteiger partial charge in [-0.1, -0.05) is 0 Å². The number of carboxylic acids is 1. The fourth-order valence-corrected chi connectivity index (χ4v) is 1.49. The molecule has 84 valence electrons. The van der Waals surface area contributed by atoms with Crippen molar-refractivity contribution >= 4 is 17.0 Å². The van der Waals surface area contributed by atoms with Gasteiger partial charge in [0.25, 0.3) is 6.43 Å². The lowest BCUT2D eigenvalue weighted by atomic mass is 10.2. The van der Waals surface area contributed by atoms with Gasteiger partial charge in [-0.25, -0.2) is 18.6 Å². The van der Waals surface area contributed by atoms with Crippen LogP contribution in [0.25, 0.3) is 11.0 Å². The number of fused-ring (bicyclic) bond motifs is 1. The average molecular weight is 226 g/mol. The van der Waals surface area contributed by atoms with Crippen LogP contribution in [0.2, 0.25) is 0 Å². The summed E-state index contributed by atoms with van der Waals surface area (Å²) in [5.74, 6) is -1.06. The van der Waals surface area contributed by atoms with Gasteiger partial charge in [0.15, 0.2) is 0 Å². The third kappa shape index (κ3) is 1.86. The summed E-state index contributed by atoms with van der Waals surface area (Å²) >= 11 is 0. The molecule has 1 heterocycles. The SMILES string of the molecule is O=C(O)c1ccc2c(c1)ncn2CC(F)F. The van der Waals surface area contributed by atoms with Crippen molar-refractivity contribution in [3.8, 4) is 0 Å². The highest BCUT2D eigenvalue weighted by atomic mass is 19.3. The smallest absolute Gasteiger partial charge is 0.335 e. The minimum atomic E-state index is -2.46. The number of aromatic carboxylic acids is 1. The quantitative estimate of drug-likeness (QED) is 0.870. The zero-order valence-electron chi connectivity index (χ0n) is 8.10. The molecule has 0 aliphatic heterocycles. The van der Waals surface area contributed by atoms with Crippen molar-refractivity contribution < 1.29 is 18.7 Å². The summed E-state index contributed by atoms with van der Waals surface area (Å²) in [5.41, 5.74) is 1.00. The molecule has 6 heteroatoms. The van der Waals surface area contributed by atoms with Crippen LogP contribution in [0.15, 0.2) is 24.5 Å². The first-order chi connectivity index (χ1) is 7.58. The maximum absolute atomic E-state index is 12.2. The summed E-state index contributed by atoms with van der Waals surface area (Å²) in [4.78, 5) is 14.6. The molecular weight excluding hydrogens is 218 g/mol. The van der Waals surface area contributed by atoms with Crippen LogP contribution < -0.4 is 0 Å². The van der Waals surface area contributed by atoms with Crippen molar-refractivity contribution in [2.75, 3.05) is 0 Å². The summed E-state index contributed by atoms with van der Waals surface area (Å²) in [6.07, 6.45) is -1.18. The Bertz CT molecular complexity index is 537. The first-order valence-corrected chi connectivity index (χ1v) is 4.54. The number of hydrogen-bond donors (Lipinski definition) is 1. The van der Waals surface area contributed by atoms with Crippen LogP contribution in [-0.2, 0) is 6.54 Å². The lowest BCUT2D eigenvalue weighted by Crippen LogP contribution is -2.05. The maximum Gasteiger partial charge on any atom is 0.335 e. The van der Waals surface area contributed by atoms with Crippen molar-refractivity contribution in [2.45, 2.75) is 13.0 Å². The molecule has 1 aromatic heterocycles. The number of carbonyl (C=O) groups is 1. The molecule has 4 nitrogen and oxygen atoms in total. The Labute approximate surface area is 89.1 Å². The molecule has 1 N–H and O–H groups in total. The Kier molecular flexibility index (Phi) is 2.55. The standard InChI is InChI=1S/C10H8F2N2O2/c11-9(12)4-14-5-13-7-3-6(10(15)16)1-2-8(7)14/h1-3,5,9H,4H2,(H,15,16). The Balaban J connectivity index is 2.46. The molecule has 0 bridgehead atoms. The van der Waals surface area contributed by atoms with Crippen LogP contribution in [0.4, 0.5) is 8.78 Å². The second kappa shape index (κ2) is 3.88. The number of imidazole rings is 1. The van der Waals surface area contributed by atoms with E-state index in [0.29, 0.717) is 11.0 Å². The first-order valence-electron chi connectivity index (χ1n) is 4.54. The van der Waals surface area contributed by atoms with Crippen molar-refractivity contribution in [2.24, 2.45) is 0 Å². The molecular formula is C10H8F2N2O2. The van der Waals surface area contributed by atoms with Gasteiger partial charge in [0.2, 0.25) is 0 Å². The minimum Gasteiger partial charge on any atom is -0.478 e. The predicted molar refractivity (Wildman–Crippen MR) is 52.7 cm³/mol. The largest absolute Gasteiger partial charge is 0.478 e. The van der Waals surface area contributed by atoms with Crippen molar-refractivity contribution in [1.82, 2.24) is 9.55 Å². The highest BCUT2D eigenvalue weighted by Gasteiger charge is 2.10. The molecule has 16 heavy (non-hydrogen) atoms. The van der Waals surface area contributed by atoms with Gasteiger partial charge in [-0.15, -0.1) is 0 Å². The van der Waals surface area contributed by atoms with Crippen LogP contribution in [0.5, 0.6) is 0 Å². The Morgan fingerprint density at radius 2 is 2.25 bits per heavy atom. The van der Waals surface area contributed by atoms with Gasteiger partial charge in [0.1, 0.15) is 0 Å². The summed E-state index contributed by atoms with van der Waals surface area (Å²) in [6.45, 7) is -0.442. The Morgan fingerprint density at radius 1 is 1.50 bits per heavy atom. The number of hydrogen-bond acceptors (Lipinski definition) is 2. The van der Waals surface area contributed by atoms with Gasteiger partial charge >= 0.3 is 5.97 Å². The molecule has 0 atom stereocenters. The van der Waals surface area contributed by atoms with Crippen molar-refractivity contribution in [3.05, 3.63) is 30.1 Å². The van der Waals surface area contributed by atoms with E-state index in [1.165, 1.54) is 29.1 Å². The average Bonchev–Trinajstić information content (AvgIpc) is 2.60. The third-order valence-electron chi connectivity index (χ3n) is 2.20. The number of benzene rings is 1. The molecule has 0 spiro atoms. The molecule has 0 aliphatic carbocycles. The fourth-order valence-electron chi connectivity index (χ4n) is 1.49. The highest BCUT2D eigenvalue weighted by Crippen LogP contribution is 2.16. The van der Waals surface area contributed by atoms with Crippen molar-refractivity contribution in [1.29, 1.82) is 0 Å². The zero-order chi connectivity index (χ0) is 11.7.